The van der Waals surface area contributed by atoms with Crippen molar-refractivity contribution in [2.45, 2.75) is 46.9 Å². The molecular weight excluding hydrogens is 396 g/mol. The van der Waals surface area contributed by atoms with Gasteiger partial charge in [0.15, 0.2) is 0 Å². The molecule has 1 N–H and O–H groups in total. The summed E-state index contributed by atoms with van der Waals surface area (Å²) >= 11 is 0. The van der Waals surface area contributed by atoms with E-state index in [1.54, 1.807) is 25.1 Å². The number of nitrogens with zero attached hydrogens (tertiary/aromatic N) is 1. The highest BCUT2D eigenvalue weighted by Gasteiger charge is 2.24. The fourth-order valence-electron chi connectivity index (χ4n) is 3.55. The fourth-order valence-corrected chi connectivity index (χ4v) is 6.25. The first-order chi connectivity index (χ1) is 13.2. The van der Waals surface area contributed by atoms with Crippen molar-refractivity contribution in [2.75, 3.05) is 20.1 Å². The van der Waals surface area contributed by atoms with Gasteiger partial charge in [0, 0.05) is 12.6 Å². The Labute approximate surface area is 167 Å². The fraction of sp³-hybridized carbons (Fsp3) is 0.400. The summed E-state index contributed by atoms with van der Waals surface area (Å²) in [6.45, 7) is 3.03. The molecule has 1 fully saturated rings. The van der Waals surface area contributed by atoms with Gasteiger partial charge in [-0.15, -0.1) is 0 Å². The first-order valence-corrected chi connectivity index (χ1v) is 12.3. The summed E-state index contributed by atoms with van der Waals surface area (Å²) in [6.07, 6.45) is 2.94. The van der Waals surface area contributed by atoms with E-state index in [-0.39, 0.29) is 14.7 Å². The number of nitrogens with one attached hydrogen (secondary N) is 1. The van der Waals surface area contributed by atoms with Crippen LogP contribution in [-0.4, -0.2) is 47.9 Å². The summed E-state index contributed by atoms with van der Waals surface area (Å²) in [5.41, 5.74) is 0.512. The van der Waals surface area contributed by atoms with E-state index in [0.29, 0.717) is 18.2 Å². The standard InChI is InChI=1S/C20H26N2O4S2/c1-16-10-11-19(27(23,24)18-8-4-3-5-9-18)15-20(16)28(25,26)21-13-12-17-7-6-14-22(17)2/h3-5,8-11,15,17,21H,6-7,12-14H2,1-2H3. The smallest absolute Gasteiger partial charge is 0.240 e. The predicted octanol–water partition coefficient (Wildman–Crippen LogP) is 2.59. The Bertz CT molecular complexity index is 1040. The summed E-state index contributed by atoms with van der Waals surface area (Å²) in [5.74, 6) is 0. The second kappa shape index (κ2) is 8.32. The molecule has 6 nitrogen and oxygen atoms in total. The minimum absolute atomic E-state index is 0.00397. The van der Waals surface area contributed by atoms with Crippen LogP contribution in [0.25, 0.3) is 0 Å². The van der Waals surface area contributed by atoms with E-state index < -0.39 is 19.9 Å². The maximum atomic E-state index is 12.8. The molecule has 1 saturated heterocycles. The van der Waals surface area contributed by atoms with Crippen molar-refractivity contribution in [2.24, 2.45) is 0 Å². The number of likely N-dealkylation sites (tertiary alicyclic amines) is 1. The zero-order chi connectivity index (χ0) is 20.4. The van der Waals surface area contributed by atoms with Crippen LogP contribution < -0.4 is 4.72 Å². The minimum Gasteiger partial charge on any atom is -0.303 e. The topological polar surface area (TPSA) is 83.5 Å². The maximum absolute atomic E-state index is 12.8. The lowest BCUT2D eigenvalue weighted by Gasteiger charge is -2.19. The summed E-state index contributed by atoms with van der Waals surface area (Å²) in [5, 5.41) is 0. The van der Waals surface area contributed by atoms with Gasteiger partial charge in [-0.2, -0.15) is 0 Å². The first kappa shape index (κ1) is 21.0. The normalized spacial score (nSPS) is 18.4. The molecule has 1 aliphatic rings. The summed E-state index contributed by atoms with van der Waals surface area (Å²) in [4.78, 5) is 2.36. The summed E-state index contributed by atoms with van der Waals surface area (Å²) in [7, 11) is -5.53. The Morgan fingerprint density at radius 3 is 2.39 bits per heavy atom. The van der Waals surface area contributed by atoms with Gasteiger partial charge >= 0.3 is 0 Å². The highest BCUT2D eigenvalue weighted by Crippen LogP contribution is 2.25. The Kier molecular flexibility index (Phi) is 6.24. The lowest BCUT2D eigenvalue weighted by Crippen LogP contribution is -2.32. The molecule has 3 rings (SSSR count). The van der Waals surface area contributed by atoms with Gasteiger partial charge in [-0.3, -0.25) is 0 Å². The van der Waals surface area contributed by atoms with Crippen LogP contribution in [0.5, 0.6) is 0 Å². The molecule has 1 aliphatic heterocycles. The Morgan fingerprint density at radius 1 is 1.04 bits per heavy atom. The predicted molar refractivity (Wildman–Crippen MR) is 109 cm³/mol. The molecule has 28 heavy (non-hydrogen) atoms. The maximum Gasteiger partial charge on any atom is 0.240 e. The van der Waals surface area contributed by atoms with Crippen LogP contribution in [0.2, 0.25) is 0 Å². The molecule has 0 bridgehead atoms. The molecule has 0 aliphatic carbocycles. The van der Waals surface area contributed by atoms with Crippen molar-refractivity contribution >= 4 is 19.9 Å². The summed E-state index contributed by atoms with van der Waals surface area (Å²) < 4.78 is 53.9. The van der Waals surface area contributed by atoms with E-state index in [2.05, 4.69) is 9.62 Å². The summed E-state index contributed by atoms with van der Waals surface area (Å²) in [6, 6.07) is 12.6. The molecule has 1 heterocycles. The lowest BCUT2D eigenvalue weighted by atomic mass is 10.1. The number of rotatable bonds is 7. The molecular formula is C20H26N2O4S2. The number of hydrogen-bond acceptors (Lipinski definition) is 5. The Hall–Kier alpha value is -1.74. The molecule has 2 aromatic rings. The van der Waals surface area contributed by atoms with Crippen LogP contribution in [0.1, 0.15) is 24.8 Å². The van der Waals surface area contributed by atoms with Crippen molar-refractivity contribution in [1.82, 2.24) is 9.62 Å². The first-order valence-electron chi connectivity index (χ1n) is 9.32. The number of aryl methyl sites for hydroxylation is 1. The van der Waals surface area contributed by atoms with E-state index in [1.165, 1.54) is 30.3 Å². The van der Waals surface area contributed by atoms with Gasteiger partial charge < -0.3 is 4.90 Å². The quantitative estimate of drug-likeness (QED) is 0.742. The van der Waals surface area contributed by atoms with Gasteiger partial charge in [-0.05, 0) is 69.6 Å². The highest BCUT2D eigenvalue weighted by molar-refractivity contribution is 7.91. The van der Waals surface area contributed by atoms with Gasteiger partial charge in [0.1, 0.15) is 0 Å². The van der Waals surface area contributed by atoms with Crippen molar-refractivity contribution in [1.29, 1.82) is 0 Å². The second-order valence-corrected chi connectivity index (χ2v) is 10.9. The monoisotopic (exact) mass is 422 g/mol. The SMILES string of the molecule is Cc1ccc(S(=O)(=O)c2ccccc2)cc1S(=O)(=O)NCCC1CCCN1C. The largest absolute Gasteiger partial charge is 0.303 e. The Morgan fingerprint density at radius 2 is 1.75 bits per heavy atom. The third kappa shape index (κ3) is 4.46. The zero-order valence-corrected chi connectivity index (χ0v) is 17.8. The van der Waals surface area contributed by atoms with E-state index in [9.17, 15) is 16.8 Å². The number of hydrogen-bond donors (Lipinski definition) is 1. The van der Waals surface area contributed by atoms with Gasteiger partial charge in [-0.25, -0.2) is 21.6 Å². The molecule has 8 heteroatoms. The van der Waals surface area contributed by atoms with Gasteiger partial charge in [0.05, 0.1) is 14.7 Å². The molecule has 0 aromatic heterocycles. The highest BCUT2D eigenvalue weighted by atomic mass is 32.2. The van der Waals surface area contributed by atoms with Crippen LogP contribution in [0.3, 0.4) is 0 Å². The molecule has 2 aromatic carbocycles. The van der Waals surface area contributed by atoms with Crippen LogP contribution in [-0.2, 0) is 19.9 Å². The molecule has 1 atom stereocenters. The molecule has 152 valence electrons. The van der Waals surface area contributed by atoms with Crippen LogP contribution in [0.4, 0.5) is 0 Å². The van der Waals surface area contributed by atoms with Gasteiger partial charge in [-0.1, -0.05) is 24.3 Å². The zero-order valence-electron chi connectivity index (χ0n) is 16.1. The number of benzene rings is 2. The van der Waals surface area contributed by atoms with E-state index in [4.69, 9.17) is 0 Å². The van der Waals surface area contributed by atoms with E-state index in [1.807, 2.05) is 7.05 Å². The van der Waals surface area contributed by atoms with Gasteiger partial charge in [0.25, 0.3) is 0 Å². The molecule has 0 saturated carbocycles. The van der Waals surface area contributed by atoms with Crippen LogP contribution in [0, 0.1) is 6.92 Å². The van der Waals surface area contributed by atoms with Crippen LogP contribution in [0.15, 0.2) is 63.2 Å². The van der Waals surface area contributed by atoms with Crippen molar-refractivity contribution in [3.05, 3.63) is 54.1 Å². The van der Waals surface area contributed by atoms with E-state index in [0.717, 1.165) is 25.8 Å². The number of sulfone groups is 1. The molecule has 0 amide bonds. The average Bonchev–Trinajstić information content (AvgIpc) is 3.07. The van der Waals surface area contributed by atoms with Crippen molar-refractivity contribution < 1.29 is 16.8 Å². The third-order valence-corrected chi connectivity index (χ3v) is 8.62. The van der Waals surface area contributed by atoms with Crippen molar-refractivity contribution in [3.8, 4) is 0 Å². The third-order valence-electron chi connectivity index (χ3n) is 5.25. The lowest BCUT2D eigenvalue weighted by molar-refractivity contribution is 0.297. The average molecular weight is 423 g/mol. The molecule has 0 radical (unpaired) electrons. The minimum atomic E-state index is -3.80. The number of sulfonamides is 1. The van der Waals surface area contributed by atoms with Crippen LogP contribution >= 0.6 is 0 Å². The molecule has 1 unspecified atom stereocenters. The second-order valence-electron chi connectivity index (χ2n) is 7.21. The Balaban J connectivity index is 1.82. The van der Waals surface area contributed by atoms with Crippen molar-refractivity contribution in [3.63, 3.8) is 0 Å². The van der Waals surface area contributed by atoms with E-state index >= 15 is 0 Å². The van der Waals surface area contributed by atoms with Gasteiger partial charge in [0.2, 0.25) is 19.9 Å². The molecule has 0 spiro atoms.